The van der Waals surface area contributed by atoms with E-state index in [1.807, 2.05) is 34.6 Å². The standard InChI is InChI=1S/C16H15F4NO3.2C2H6/c1-3-4-5-6-9-21(15(23)16(18,19)20)14-11(10-22)13(24-2)8-7-12(14)17;2*1-2/h7-8,10H,3-4,9H2,1-2H3;2*1-2H3. The first-order valence-electron chi connectivity index (χ1n) is 8.94. The molecule has 0 N–H and O–H groups in total. The third-order valence-electron chi connectivity index (χ3n) is 2.96. The van der Waals surface area contributed by atoms with Crippen LogP contribution in [0.2, 0.25) is 0 Å². The quantitative estimate of drug-likeness (QED) is 0.374. The fraction of sp³-hybridized carbons (Fsp3) is 0.500. The minimum atomic E-state index is -5.25. The van der Waals surface area contributed by atoms with Crippen molar-refractivity contribution in [2.75, 3.05) is 18.6 Å². The zero-order valence-electron chi connectivity index (χ0n) is 17.0. The fourth-order valence-corrected chi connectivity index (χ4v) is 1.88. The van der Waals surface area contributed by atoms with Gasteiger partial charge in [0.25, 0.3) is 0 Å². The number of halogens is 4. The monoisotopic (exact) mass is 405 g/mol. The van der Waals surface area contributed by atoms with Crippen molar-refractivity contribution < 1.29 is 31.9 Å². The number of unbranched alkanes of at least 4 members (excludes halogenated alkanes) is 1. The highest BCUT2D eigenvalue weighted by atomic mass is 19.4. The van der Waals surface area contributed by atoms with Gasteiger partial charge in [0.1, 0.15) is 11.6 Å². The largest absolute Gasteiger partial charge is 0.496 e. The molecule has 28 heavy (non-hydrogen) atoms. The van der Waals surface area contributed by atoms with Gasteiger partial charge in [0.05, 0.1) is 24.9 Å². The van der Waals surface area contributed by atoms with Gasteiger partial charge in [0.2, 0.25) is 0 Å². The van der Waals surface area contributed by atoms with Crippen LogP contribution in [0.5, 0.6) is 5.75 Å². The molecule has 0 atom stereocenters. The number of rotatable bonds is 5. The lowest BCUT2D eigenvalue weighted by atomic mass is 10.1. The van der Waals surface area contributed by atoms with Crippen molar-refractivity contribution in [3.8, 4) is 17.6 Å². The first-order chi connectivity index (χ1) is 13.3. The summed E-state index contributed by atoms with van der Waals surface area (Å²) in [6, 6.07) is 1.90. The average Bonchev–Trinajstić information content (AvgIpc) is 2.70. The van der Waals surface area contributed by atoms with Crippen molar-refractivity contribution in [2.45, 2.75) is 53.6 Å². The van der Waals surface area contributed by atoms with Crippen LogP contribution in [0.15, 0.2) is 12.1 Å². The number of anilines is 1. The third-order valence-corrected chi connectivity index (χ3v) is 2.96. The average molecular weight is 405 g/mol. The van der Waals surface area contributed by atoms with Crippen molar-refractivity contribution in [1.82, 2.24) is 0 Å². The molecule has 1 aromatic rings. The highest BCUT2D eigenvalue weighted by molar-refractivity contribution is 6.02. The summed E-state index contributed by atoms with van der Waals surface area (Å²) in [5, 5.41) is 0. The first kappa shape index (κ1) is 27.7. The van der Waals surface area contributed by atoms with Crippen LogP contribution in [-0.2, 0) is 4.79 Å². The minimum absolute atomic E-state index is 0.101. The smallest absolute Gasteiger partial charge is 0.471 e. The van der Waals surface area contributed by atoms with Gasteiger partial charge in [-0.25, -0.2) is 4.39 Å². The van der Waals surface area contributed by atoms with Crippen LogP contribution in [0.3, 0.4) is 0 Å². The van der Waals surface area contributed by atoms with E-state index >= 15 is 0 Å². The third kappa shape index (κ3) is 7.99. The molecule has 1 amide bonds. The highest BCUT2D eigenvalue weighted by Gasteiger charge is 2.44. The molecule has 0 aromatic heterocycles. The van der Waals surface area contributed by atoms with Gasteiger partial charge in [-0.05, 0) is 18.6 Å². The van der Waals surface area contributed by atoms with E-state index in [1.165, 1.54) is 7.11 Å². The number of carbonyl (C=O) groups excluding carboxylic acids is 2. The molecule has 0 aliphatic rings. The number of hydrogen-bond donors (Lipinski definition) is 0. The number of alkyl halides is 3. The number of nitrogens with zero attached hydrogens (tertiary/aromatic N) is 1. The molecule has 0 fully saturated rings. The van der Waals surface area contributed by atoms with Crippen LogP contribution in [0.25, 0.3) is 0 Å². The molecular formula is C20H27F4NO3. The molecule has 8 heteroatoms. The van der Waals surface area contributed by atoms with Gasteiger partial charge in [-0.2, -0.15) is 13.2 Å². The molecule has 0 radical (unpaired) electrons. The van der Waals surface area contributed by atoms with Gasteiger partial charge in [-0.1, -0.05) is 40.5 Å². The number of ether oxygens (including phenoxy) is 1. The number of hydrogen-bond acceptors (Lipinski definition) is 3. The van der Waals surface area contributed by atoms with Gasteiger partial charge < -0.3 is 4.74 Å². The predicted octanol–water partition coefficient (Wildman–Crippen LogP) is 5.40. The second-order valence-corrected chi connectivity index (χ2v) is 4.62. The topological polar surface area (TPSA) is 46.6 Å². The number of carbonyl (C=O) groups is 2. The summed E-state index contributed by atoms with van der Waals surface area (Å²) < 4.78 is 57.4. The van der Waals surface area contributed by atoms with E-state index in [1.54, 1.807) is 0 Å². The molecule has 0 spiro atoms. The Kier molecular flexibility index (Phi) is 14.3. The summed E-state index contributed by atoms with van der Waals surface area (Å²) in [6.07, 6.45) is -4.03. The van der Waals surface area contributed by atoms with Gasteiger partial charge in [0, 0.05) is 6.42 Å². The second kappa shape index (κ2) is 14.5. The molecule has 0 heterocycles. The minimum Gasteiger partial charge on any atom is -0.496 e. The summed E-state index contributed by atoms with van der Waals surface area (Å²) in [5.41, 5.74) is -1.30. The summed E-state index contributed by atoms with van der Waals surface area (Å²) in [5.74, 6) is 1.33. The predicted molar refractivity (Wildman–Crippen MR) is 102 cm³/mol. The SMILES string of the molecule is CC.CC.CCCC#CCN(C(=O)C(F)(F)F)c1c(F)ccc(OC)c1C=O. The summed E-state index contributed by atoms with van der Waals surface area (Å²) in [4.78, 5) is 23.0. The molecule has 0 saturated carbocycles. The number of amides is 1. The Balaban J connectivity index is 0. The van der Waals surface area contributed by atoms with E-state index in [0.717, 1.165) is 12.1 Å². The van der Waals surface area contributed by atoms with Crippen LogP contribution >= 0.6 is 0 Å². The van der Waals surface area contributed by atoms with E-state index in [0.29, 0.717) is 12.8 Å². The summed E-state index contributed by atoms with van der Waals surface area (Å²) >= 11 is 0. The molecule has 1 aromatic carbocycles. The van der Waals surface area contributed by atoms with E-state index < -0.39 is 35.7 Å². The van der Waals surface area contributed by atoms with Gasteiger partial charge >= 0.3 is 12.1 Å². The highest BCUT2D eigenvalue weighted by Crippen LogP contribution is 2.33. The maximum Gasteiger partial charge on any atom is 0.471 e. The normalized spacial score (nSPS) is 9.50. The molecule has 0 aliphatic heterocycles. The number of benzene rings is 1. The maximum atomic E-state index is 14.1. The van der Waals surface area contributed by atoms with E-state index in [9.17, 15) is 27.2 Å². The van der Waals surface area contributed by atoms with Gasteiger partial charge in [-0.15, -0.1) is 5.92 Å². The van der Waals surface area contributed by atoms with Crippen LogP contribution in [0, 0.1) is 17.7 Å². The van der Waals surface area contributed by atoms with Crippen molar-refractivity contribution in [3.05, 3.63) is 23.5 Å². The molecule has 1 rings (SSSR count). The van der Waals surface area contributed by atoms with Gasteiger partial charge in [-0.3, -0.25) is 14.5 Å². The Hall–Kier alpha value is -2.56. The lowest BCUT2D eigenvalue weighted by molar-refractivity contribution is -0.170. The molecule has 4 nitrogen and oxygen atoms in total. The summed E-state index contributed by atoms with van der Waals surface area (Å²) in [7, 11) is 1.17. The zero-order chi connectivity index (χ0) is 22.3. The summed E-state index contributed by atoms with van der Waals surface area (Å²) in [6.45, 7) is 9.11. The molecule has 158 valence electrons. The van der Waals surface area contributed by atoms with Gasteiger partial charge in [0.15, 0.2) is 6.29 Å². The lowest BCUT2D eigenvalue weighted by Gasteiger charge is -2.24. The van der Waals surface area contributed by atoms with Crippen molar-refractivity contribution in [1.29, 1.82) is 0 Å². The number of aldehydes is 1. The Morgan fingerprint density at radius 1 is 1.18 bits per heavy atom. The van der Waals surface area contributed by atoms with Crippen molar-refractivity contribution in [3.63, 3.8) is 0 Å². The molecular weight excluding hydrogens is 378 g/mol. The van der Waals surface area contributed by atoms with Crippen LogP contribution < -0.4 is 9.64 Å². The van der Waals surface area contributed by atoms with Crippen LogP contribution in [0.4, 0.5) is 23.2 Å². The second-order valence-electron chi connectivity index (χ2n) is 4.62. The van der Waals surface area contributed by atoms with Crippen molar-refractivity contribution in [2.24, 2.45) is 0 Å². The van der Waals surface area contributed by atoms with Crippen molar-refractivity contribution >= 4 is 17.9 Å². The Bertz CT molecular complexity index is 676. The van der Waals surface area contributed by atoms with Crippen LogP contribution in [0.1, 0.15) is 57.8 Å². The van der Waals surface area contributed by atoms with E-state index in [4.69, 9.17) is 4.74 Å². The molecule has 0 bridgehead atoms. The van der Waals surface area contributed by atoms with E-state index in [2.05, 4.69) is 11.8 Å². The molecule has 0 unspecified atom stereocenters. The zero-order valence-corrected chi connectivity index (χ0v) is 17.0. The lowest BCUT2D eigenvalue weighted by Crippen LogP contribution is -2.42. The fourth-order valence-electron chi connectivity index (χ4n) is 1.88. The maximum absolute atomic E-state index is 14.1. The number of methoxy groups -OCH3 is 1. The Morgan fingerprint density at radius 2 is 1.75 bits per heavy atom. The molecule has 0 saturated heterocycles. The first-order valence-corrected chi connectivity index (χ1v) is 8.94. The van der Waals surface area contributed by atoms with E-state index in [-0.39, 0.29) is 16.9 Å². The Labute approximate surface area is 163 Å². The Morgan fingerprint density at radius 3 is 2.18 bits per heavy atom. The van der Waals surface area contributed by atoms with Crippen LogP contribution in [-0.4, -0.2) is 32.0 Å². The molecule has 0 aliphatic carbocycles.